The number of anilines is 1. The van der Waals surface area contributed by atoms with E-state index in [-0.39, 0.29) is 23.0 Å². The first kappa shape index (κ1) is 31.0. The van der Waals surface area contributed by atoms with Crippen LogP contribution in [-0.2, 0) is 32.5 Å². The van der Waals surface area contributed by atoms with Crippen LogP contribution in [0.3, 0.4) is 0 Å². The quantitative estimate of drug-likeness (QED) is 0.300. The van der Waals surface area contributed by atoms with E-state index in [0.29, 0.717) is 23.8 Å². The number of nitrogens with one attached hydrogen (secondary N) is 1. The SMILES string of the molecule is COC(=O)C1(OCN2CC(F)(F)C[C@H]2C(=O)Cc2cc(Cl)c(NC(=O)c3cn(C)c4ccccc34)cc2F)CCCCC1. The van der Waals surface area contributed by atoms with E-state index < -0.39 is 60.4 Å². The maximum Gasteiger partial charge on any atom is 0.338 e. The van der Waals surface area contributed by atoms with E-state index >= 15 is 4.39 Å². The second-order valence-electron chi connectivity index (χ2n) is 11.3. The van der Waals surface area contributed by atoms with Gasteiger partial charge in [0.25, 0.3) is 11.8 Å². The molecule has 0 spiro atoms. The molecule has 1 atom stereocenters. The van der Waals surface area contributed by atoms with Crippen LogP contribution in [0, 0.1) is 5.82 Å². The van der Waals surface area contributed by atoms with Crippen molar-refractivity contribution in [2.45, 2.75) is 62.5 Å². The number of amides is 1. The van der Waals surface area contributed by atoms with E-state index in [4.69, 9.17) is 21.1 Å². The molecule has 1 N–H and O–H groups in total. The van der Waals surface area contributed by atoms with Gasteiger partial charge in [-0.25, -0.2) is 18.0 Å². The van der Waals surface area contributed by atoms with Crippen molar-refractivity contribution in [1.29, 1.82) is 0 Å². The summed E-state index contributed by atoms with van der Waals surface area (Å²) in [5.41, 5.74) is -0.107. The van der Waals surface area contributed by atoms with Gasteiger partial charge in [0.1, 0.15) is 12.5 Å². The molecule has 2 heterocycles. The fourth-order valence-corrected chi connectivity index (χ4v) is 6.33. The van der Waals surface area contributed by atoms with E-state index in [0.717, 1.165) is 30.8 Å². The Morgan fingerprint density at radius 2 is 1.84 bits per heavy atom. The summed E-state index contributed by atoms with van der Waals surface area (Å²) >= 11 is 6.38. The van der Waals surface area contributed by atoms with Gasteiger partial charge >= 0.3 is 5.97 Å². The number of carbonyl (C=O) groups is 3. The number of ether oxygens (including phenoxy) is 2. The highest BCUT2D eigenvalue weighted by Crippen LogP contribution is 2.37. The molecule has 1 saturated heterocycles. The summed E-state index contributed by atoms with van der Waals surface area (Å²) in [6, 6.07) is 8.30. The number of ketones is 1. The molecule has 2 aromatic carbocycles. The summed E-state index contributed by atoms with van der Waals surface area (Å²) in [6.45, 7) is -1.10. The monoisotopic (exact) mass is 619 g/mol. The third kappa shape index (κ3) is 6.44. The summed E-state index contributed by atoms with van der Waals surface area (Å²) in [5, 5.41) is 3.33. The number of halogens is 4. The lowest BCUT2D eigenvalue weighted by molar-refractivity contribution is -0.183. The molecule has 12 heteroatoms. The second-order valence-corrected chi connectivity index (χ2v) is 11.7. The first-order valence-corrected chi connectivity index (χ1v) is 14.5. The van der Waals surface area contributed by atoms with Gasteiger partial charge in [-0.15, -0.1) is 0 Å². The molecule has 2 fully saturated rings. The molecule has 5 rings (SSSR count). The van der Waals surface area contributed by atoms with E-state index in [2.05, 4.69) is 5.32 Å². The zero-order valence-corrected chi connectivity index (χ0v) is 24.7. The number of para-hydroxylation sites is 1. The zero-order chi connectivity index (χ0) is 30.9. The number of hydrogen-bond acceptors (Lipinski definition) is 6. The number of aryl methyl sites for hydroxylation is 1. The number of hydrogen-bond donors (Lipinski definition) is 1. The number of methoxy groups -OCH3 is 1. The summed E-state index contributed by atoms with van der Waals surface area (Å²) < 4.78 is 56.9. The number of alkyl halides is 2. The van der Waals surface area contributed by atoms with E-state index in [1.54, 1.807) is 29.9 Å². The molecule has 1 amide bonds. The highest BCUT2D eigenvalue weighted by molar-refractivity contribution is 6.34. The van der Waals surface area contributed by atoms with E-state index in [1.165, 1.54) is 18.1 Å². The number of esters is 1. The fourth-order valence-electron chi connectivity index (χ4n) is 6.10. The third-order valence-electron chi connectivity index (χ3n) is 8.35. The van der Waals surface area contributed by atoms with E-state index in [1.807, 2.05) is 12.1 Å². The number of benzene rings is 2. The number of carbonyl (C=O) groups excluding carboxylic acids is 3. The van der Waals surface area contributed by atoms with Crippen molar-refractivity contribution in [1.82, 2.24) is 9.47 Å². The van der Waals surface area contributed by atoms with Crippen LogP contribution in [0.1, 0.15) is 54.4 Å². The average Bonchev–Trinajstić information content (AvgIpc) is 3.50. The van der Waals surface area contributed by atoms with Crippen LogP contribution in [0.2, 0.25) is 5.02 Å². The summed E-state index contributed by atoms with van der Waals surface area (Å²) in [7, 11) is 3.05. The van der Waals surface area contributed by atoms with Crippen molar-refractivity contribution in [3.63, 3.8) is 0 Å². The van der Waals surface area contributed by atoms with Crippen molar-refractivity contribution in [2.75, 3.05) is 25.7 Å². The lowest BCUT2D eigenvalue weighted by Gasteiger charge is -2.36. The Balaban J connectivity index is 1.29. The van der Waals surface area contributed by atoms with Crippen LogP contribution in [-0.4, -0.2) is 65.1 Å². The number of nitrogens with zero attached hydrogens (tertiary/aromatic N) is 2. The van der Waals surface area contributed by atoms with Crippen molar-refractivity contribution in [2.24, 2.45) is 7.05 Å². The minimum atomic E-state index is -3.17. The Kier molecular flexibility index (Phi) is 8.87. The Morgan fingerprint density at radius 1 is 1.12 bits per heavy atom. The van der Waals surface area contributed by atoms with Crippen molar-refractivity contribution >= 4 is 45.9 Å². The predicted molar refractivity (Wildman–Crippen MR) is 155 cm³/mol. The first-order valence-electron chi connectivity index (χ1n) is 14.1. The van der Waals surface area contributed by atoms with Gasteiger partial charge < -0.3 is 19.4 Å². The molecule has 1 aliphatic carbocycles. The first-order chi connectivity index (χ1) is 20.4. The van der Waals surface area contributed by atoms with Crippen LogP contribution in [0.5, 0.6) is 0 Å². The lowest BCUT2D eigenvalue weighted by Crippen LogP contribution is -2.48. The molecule has 3 aromatic rings. The molecule has 0 radical (unpaired) electrons. The molecule has 1 aromatic heterocycles. The van der Waals surface area contributed by atoms with Gasteiger partial charge in [0.2, 0.25) is 0 Å². The highest BCUT2D eigenvalue weighted by Gasteiger charge is 2.49. The molecular weight excluding hydrogens is 587 g/mol. The maximum absolute atomic E-state index is 15.2. The number of Topliss-reactive ketones (excluding diaryl/α,β-unsaturated/α-hetero) is 1. The Morgan fingerprint density at radius 3 is 2.56 bits per heavy atom. The van der Waals surface area contributed by atoms with Crippen LogP contribution >= 0.6 is 11.6 Å². The van der Waals surface area contributed by atoms with Gasteiger partial charge in [0.15, 0.2) is 11.4 Å². The Hall–Kier alpha value is -3.41. The van der Waals surface area contributed by atoms with Crippen LogP contribution < -0.4 is 5.32 Å². The highest BCUT2D eigenvalue weighted by atomic mass is 35.5. The molecule has 1 aliphatic heterocycles. The lowest BCUT2D eigenvalue weighted by atomic mass is 9.84. The van der Waals surface area contributed by atoms with E-state index in [9.17, 15) is 23.2 Å². The van der Waals surface area contributed by atoms with Crippen LogP contribution in [0.25, 0.3) is 10.9 Å². The molecular formula is C31H33ClF3N3O5. The van der Waals surface area contributed by atoms with Gasteiger partial charge in [0.05, 0.1) is 36.0 Å². The van der Waals surface area contributed by atoms with Crippen molar-refractivity contribution in [3.8, 4) is 0 Å². The fraction of sp³-hybridized carbons (Fsp3) is 0.452. The average molecular weight is 620 g/mol. The molecule has 2 aliphatic rings. The maximum atomic E-state index is 15.2. The second kappa shape index (κ2) is 12.3. The minimum Gasteiger partial charge on any atom is -0.467 e. The minimum absolute atomic E-state index is 0.00736. The van der Waals surface area contributed by atoms with Gasteiger partial charge in [-0.2, -0.15) is 0 Å². The van der Waals surface area contributed by atoms with Gasteiger partial charge in [-0.3, -0.25) is 14.5 Å². The molecule has 230 valence electrons. The number of aromatic nitrogens is 1. The van der Waals surface area contributed by atoms with Gasteiger partial charge in [-0.05, 0) is 49.4 Å². The van der Waals surface area contributed by atoms with Crippen LogP contribution in [0.15, 0.2) is 42.6 Å². The van der Waals surface area contributed by atoms with Gasteiger partial charge in [-0.1, -0.05) is 36.2 Å². The Bertz CT molecular complexity index is 1550. The van der Waals surface area contributed by atoms with Crippen molar-refractivity contribution < 1.29 is 37.0 Å². The number of likely N-dealkylation sites (tertiary alicyclic amines) is 1. The number of rotatable bonds is 9. The normalized spacial score (nSPS) is 19.8. The molecule has 0 unspecified atom stereocenters. The predicted octanol–water partition coefficient (Wildman–Crippen LogP) is 5.89. The van der Waals surface area contributed by atoms with Crippen molar-refractivity contribution in [3.05, 3.63) is 64.6 Å². The zero-order valence-electron chi connectivity index (χ0n) is 23.9. The summed E-state index contributed by atoms with van der Waals surface area (Å²) in [5.74, 6) is -5.68. The smallest absolute Gasteiger partial charge is 0.338 e. The standard InChI is InChI=1S/C31H33ClF3N3O5/c1-37-16-21(20-8-4-5-9-25(20)37)28(40)36-24-14-23(33)19(12-22(24)32)13-27(39)26-15-31(34,35)17-38(26)18-43-30(29(41)42-2)10-6-3-7-11-30/h4-5,8-9,12,14,16,26H,3,6-7,10-11,13,15,17-18H2,1-2H3,(H,36,40)/t26-/m0/s1. The molecule has 43 heavy (non-hydrogen) atoms. The molecule has 1 saturated carbocycles. The largest absolute Gasteiger partial charge is 0.467 e. The summed E-state index contributed by atoms with van der Waals surface area (Å²) in [4.78, 5) is 40.0. The molecule has 0 bridgehead atoms. The number of fused-ring (bicyclic) bond motifs is 1. The molecule has 8 nitrogen and oxygen atoms in total. The summed E-state index contributed by atoms with van der Waals surface area (Å²) in [6.07, 6.45) is 3.58. The third-order valence-corrected chi connectivity index (χ3v) is 8.67. The van der Waals surface area contributed by atoms with Crippen LogP contribution in [0.4, 0.5) is 18.9 Å². The topological polar surface area (TPSA) is 89.9 Å². The van der Waals surface area contributed by atoms with Gasteiger partial charge in [0, 0.05) is 37.0 Å². The Labute approximate surface area is 252 Å².